The van der Waals surface area contributed by atoms with Crippen LogP contribution in [0.2, 0.25) is 0 Å². The van der Waals surface area contributed by atoms with E-state index in [0.29, 0.717) is 24.5 Å². The van der Waals surface area contributed by atoms with E-state index < -0.39 is 17.5 Å². The Balaban J connectivity index is 2.07. The zero-order valence-electron chi connectivity index (χ0n) is 14.3. The number of ether oxygens (including phenoxy) is 2. The van der Waals surface area contributed by atoms with E-state index in [-0.39, 0.29) is 11.1 Å². The van der Waals surface area contributed by atoms with Crippen LogP contribution in [0.4, 0.5) is 13.2 Å². The number of benzene rings is 2. The lowest BCUT2D eigenvalue weighted by Crippen LogP contribution is -1.99. The number of rotatable bonds is 8. The molecule has 0 N–H and O–H groups in total. The van der Waals surface area contributed by atoms with Gasteiger partial charge in [0.05, 0.1) is 6.61 Å². The number of hydrogen-bond acceptors (Lipinski definition) is 2. The molecule has 0 bridgehead atoms. The maximum absolute atomic E-state index is 14.3. The van der Waals surface area contributed by atoms with Crippen LogP contribution in [-0.4, -0.2) is 20.3 Å². The summed E-state index contributed by atoms with van der Waals surface area (Å²) < 4.78 is 52.8. The average Bonchev–Trinajstić information content (AvgIpc) is 2.61. The third-order valence-electron chi connectivity index (χ3n) is 3.67. The summed E-state index contributed by atoms with van der Waals surface area (Å²) in [5.74, 6) is -2.54. The molecule has 0 aliphatic heterocycles. The molecular weight excluding hydrogens is 329 g/mol. The Hall–Kier alpha value is -2.27. The zero-order chi connectivity index (χ0) is 18.2. The number of hydrogen-bond donors (Lipinski definition) is 0. The summed E-state index contributed by atoms with van der Waals surface area (Å²) in [4.78, 5) is 0. The molecule has 134 valence electrons. The average molecular weight is 350 g/mol. The summed E-state index contributed by atoms with van der Waals surface area (Å²) in [6.07, 6.45) is 1.73. The minimum absolute atomic E-state index is 0.0317. The molecule has 0 saturated carbocycles. The molecule has 0 fully saturated rings. The van der Waals surface area contributed by atoms with Crippen LogP contribution in [0.1, 0.15) is 29.5 Å². The first kappa shape index (κ1) is 19.1. The Bertz CT molecular complexity index is 724. The van der Waals surface area contributed by atoms with Gasteiger partial charge in [-0.3, -0.25) is 0 Å². The lowest BCUT2D eigenvalue weighted by Gasteiger charge is -2.08. The highest BCUT2D eigenvalue weighted by atomic mass is 19.2. The molecule has 2 aromatic carbocycles. The number of halogens is 3. The van der Waals surface area contributed by atoms with Crippen molar-refractivity contribution in [3.8, 4) is 5.75 Å². The van der Waals surface area contributed by atoms with Gasteiger partial charge in [0.1, 0.15) is 11.6 Å². The van der Waals surface area contributed by atoms with Gasteiger partial charge in [0.25, 0.3) is 0 Å². The van der Waals surface area contributed by atoms with E-state index in [1.165, 1.54) is 30.3 Å². The fourth-order valence-corrected chi connectivity index (χ4v) is 2.28. The molecule has 0 radical (unpaired) electrons. The van der Waals surface area contributed by atoms with Crippen LogP contribution < -0.4 is 4.74 Å². The van der Waals surface area contributed by atoms with E-state index in [2.05, 4.69) is 0 Å². The Morgan fingerprint density at radius 3 is 2.24 bits per heavy atom. The Labute approximate surface area is 145 Å². The molecule has 0 aromatic heterocycles. The van der Waals surface area contributed by atoms with Crippen molar-refractivity contribution >= 4 is 11.7 Å². The van der Waals surface area contributed by atoms with Gasteiger partial charge < -0.3 is 9.47 Å². The number of unbranched alkanes of at least 4 members (excludes halogenated alkanes) is 1. The van der Waals surface area contributed by atoms with Gasteiger partial charge in [-0.2, -0.15) is 0 Å². The van der Waals surface area contributed by atoms with Crippen LogP contribution >= 0.6 is 0 Å². The standard InChI is InChI=1S/C20H21F3O2/c1-14-5-10-17(18(21)13-14)20(23)19(22)15-6-8-16(9-7-15)25-12-4-3-11-24-2/h5-10,13H,3-4,11-12H2,1-2H3/b20-19+. The molecule has 2 aromatic rings. The van der Waals surface area contributed by atoms with Crippen LogP contribution in [-0.2, 0) is 4.74 Å². The molecular formula is C20H21F3O2. The van der Waals surface area contributed by atoms with Crippen LogP contribution in [0.15, 0.2) is 42.5 Å². The highest BCUT2D eigenvalue weighted by Gasteiger charge is 2.15. The summed E-state index contributed by atoms with van der Waals surface area (Å²) >= 11 is 0. The molecule has 2 nitrogen and oxygen atoms in total. The molecule has 5 heteroatoms. The van der Waals surface area contributed by atoms with Gasteiger partial charge in [-0.25, -0.2) is 13.2 Å². The van der Waals surface area contributed by atoms with Crippen molar-refractivity contribution in [2.24, 2.45) is 0 Å². The minimum Gasteiger partial charge on any atom is -0.494 e. The van der Waals surface area contributed by atoms with Crippen molar-refractivity contribution in [3.05, 3.63) is 65.0 Å². The second-order valence-electron chi connectivity index (χ2n) is 5.68. The first-order valence-electron chi connectivity index (χ1n) is 8.07. The molecule has 0 heterocycles. The number of aryl methyl sites for hydroxylation is 1. The Morgan fingerprint density at radius 2 is 1.60 bits per heavy atom. The van der Waals surface area contributed by atoms with E-state index in [4.69, 9.17) is 9.47 Å². The van der Waals surface area contributed by atoms with E-state index in [1.54, 1.807) is 26.2 Å². The van der Waals surface area contributed by atoms with E-state index in [1.807, 2.05) is 0 Å². The predicted molar refractivity (Wildman–Crippen MR) is 93.2 cm³/mol. The fraction of sp³-hybridized carbons (Fsp3) is 0.300. The molecule has 0 spiro atoms. The predicted octanol–water partition coefficient (Wildman–Crippen LogP) is 5.70. The number of methoxy groups -OCH3 is 1. The van der Waals surface area contributed by atoms with Crippen molar-refractivity contribution in [1.29, 1.82) is 0 Å². The third-order valence-corrected chi connectivity index (χ3v) is 3.67. The summed E-state index contributed by atoms with van der Waals surface area (Å²) in [6, 6.07) is 9.87. The Kier molecular flexibility index (Phi) is 7.07. The molecule has 25 heavy (non-hydrogen) atoms. The first-order valence-corrected chi connectivity index (χ1v) is 8.07. The smallest absolute Gasteiger partial charge is 0.169 e. The summed E-state index contributed by atoms with van der Waals surface area (Å²) in [5, 5.41) is 0. The summed E-state index contributed by atoms with van der Waals surface area (Å²) in [6.45, 7) is 2.87. The largest absolute Gasteiger partial charge is 0.494 e. The minimum atomic E-state index is -1.22. The van der Waals surface area contributed by atoms with Gasteiger partial charge in [0.15, 0.2) is 11.7 Å². The highest BCUT2D eigenvalue weighted by Crippen LogP contribution is 2.31. The topological polar surface area (TPSA) is 18.5 Å². The normalized spacial score (nSPS) is 12.0. The SMILES string of the molecule is COCCCCOc1ccc(/C(F)=C(\F)c2ccc(C)cc2F)cc1. The lowest BCUT2D eigenvalue weighted by atomic mass is 10.1. The first-order chi connectivity index (χ1) is 12.0. The van der Waals surface area contributed by atoms with Crippen molar-refractivity contribution < 1.29 is 22.6 Å². The van der Waals surface area contributed by atoms with Crippen molar-refractivity contribution in [1.82, 2.24) is 0 Å². The van der Waals surface area contributed by atoms with Gasteiger partial charge in [0.2, 0.25) is 0 Å². The fourth-order valence-electron chi connectivity index (χ4n) is 2.28. The highest BCUT2D eigenvalue weighted by molar-refractivity contribution is 5.83. The van der Waals surface area contributed by atoms with Crippen molar-refractivity contribution in [3.63, 3.8) is 0 Å². The van der Waals surface area contributed by atoms with Gasteiger partial charge in [-0.05, 0) is 61.7 Å². The van der Waals surface area contributed by atoms with Gasteiger partial charge in [-0.1, -0.05) is 6.07 Å². The molecule has 0 unspecified atom stereocenters. The quantitative estimate of drug-likeness (QED) is 0.449. The summed E-state index contributed by atoms with van der Waals surface area (Å²) in [7, 11) is 1.64. The van der Waals surface area contributed by atoms with Crippen molar-refractivity contribution in [2.75, 3.05) is 20.3 Å². The second-order valence-corrected chi connectivity index (χ2v) is 5.68. The zero-order valence-corrected chi connectivity index (χ0v) is 14.3. The van der Waals surface area contributed by atoms with E-state index in [0.717, 1.165) is 12.8 Å². The van der Waals surface area contributed by atoms with Crippen LogP contribution in [0.3, 0.4) is 0 Å². The maximum Gasteiger partial charge on any atom is 0.169 e. The van der Waals surface area contributed by atoms with Gasteiger partial charge in [0, 0.05) is 24.8 Å². The monoisotopic (exact) mass is 350 g/mol. The van der Waals surface area contributed by atoms with Gasteiger partial charge >= 0.3 is 0 Å². The molecule has 0 amide bonds. The van der Waals surface area contributed by atoms with E-state index >= 15 is 0 Å². The molecule has 0 saturated heterocycles. The molecule has 0 aliphatic rings. The molecule has 0 aliphatic carbocycles. The van der Waals surface area contributed by atoms with E-state index in [9.17, 15) is 13.2 Å². The van der Waals surface area contributed by atoms with Crippen LogP contribution in [0, 0.1) is 12.7 Å². The van der Waals surface area contributed by atoms with Crippen molar-refractivity contribution in [2.45, 2.75) is 19.8 Å². The Morgan fingerprint density at radius 1 is 0.920 bits per heavy atom. The summed E-state index contributed by atoms with van der Waals surface area (Å²) in [5.41, 5.74) is 0.284. The van der Waals surface area contributed by atoms with Gasteiger partial charge in [-0.15, -0.1) is 0 Å². The van der Waals surface area contributed by atoms with Crippen LogP contribution in [0.5, 0.6) is 5.75 Å². The maximum atomic E-state index is 14.3. The molecule has 0 atom stereocenters. The van der Waals surface area contributed by atoms with Crippen LogP contribution in [0.25, 0.3) is 11.7 Å². The second kappa shape index (κ2) is 9.28. The molecule has 2 rings (SSSR count). The third kappa shape index (κ3) is 5.36. The lowest BCUT2D eigenvalue weighted by molar-refractivity contribution is 0.184.